The molecule has 1 aliphatic rings. The third-order valence-corrected chi connectivity index (χ3v) is 3.64. The standard InChI is InChI=1S/C13H16N2/c14-13(9-4-3-5-9)11-8-15-12-7-2-1-6-10(11)12/h1-2,6-9,13,15H,3-5,14H2. The molecule has 0 bridgehead atoms. The summed E-state index contributed by atoms with van der Waals surface area (Å²) in [6.07, 6.45) is 6.01. The highest BCUT2D eigenvalue weighted by molar-refractivity contribution is 5.83. The molecule has 2 nitrogen and oxygen atoms in total. The molecule has 1 aromatic carbocycles. The summed E-state index contributed by atoms with van der Waals surface area (Å²) in [6.45, 7) is 0. The molecule has 1 heterocycles. The molecule has 0 saturated heterocycles. The lowest BCUT2D eigenvalue weighted by atomic mass is 9.77. The fourth-order valence-electron chi connectivity index (χ4n) is 2.42. The molecular formula is C13H16N2. The van der Waals surface area contributed by atoms with Gasteiger partial charge in [-0.1, -0.05) is 24.6 Å². The third-order valence-electron chi connectivity index (χ3n) is 3.64. The molecule has 0 spiro atoms. The maximum Gasteiger partial charge on any atom is 0.0457 e. The van der Waals surface area contributed by atoms with Crippen LogP contribution in [0.4, 0.5) is 0 Å². The molecule has 1 fully saturated rings. The zero-order chi connectivity index (χ0) is 10.3. The highest BCUT2D eigenvalue weighted by Gasteiger charge is 2.26. The Morgan fingerprint density at radius 3 is 2.80 bits per heavy atom. The quantitative estimate of drug-likeness (QED) is 0.768. The number of aromatic amines is 1. The molecule has 3 N–H and O–H groups in total. The summed E-state index contributed by atoms with van der Waals surface area (Å²) in [5.74, 6) is 0.698. The molecule has 0 amide bonds. The van der Waals surface area contributed by atoms with E-state index in [-0.39, 0.29) is 6.04 Å². The Morgan fingerprint density at radius 2 is 2.07 bits per heavy atom. The van der Waals surface area contributed by atoms with E-state index in [0.29, 0.717) is 5.92 Å². The second-order valence-corrected chi connectivity index (χ2v) is 4.51. The van der Waals surface area contributed by atoms with Gasteiger partial charge in [0, 0.05) is 23.1 Å². The molecule has 1 saturated carbocycles. The number of rotatable bonds is 2. The minimum absolute atomic E-state index is 0.217. The van der Waals surface area contributed by atoms with Gasteiger partial charge in [0.05, 0.1) is 0 Å². The van der Waals surface area contributed by atoms with Crippen molar-refractivity contribution in [3.8, 4) is 0 Å². The van der Waals surface area contributed by atoms with Crippen molar-refractivity contribution in [2.75, 3.05) is 0 Å². The Labute approximate surface area is 89.5 Å². The summed E-state index contributed by atoms with van der Waals surface area (Å²) in [5, 5.41) is 1.29. The van der Waals surface area contributed by atoms with Crippen molar-refractivity contribution in [1.29, 1.82) is 0 Å². The smallest absolute Gasteiger partial charge is 0.0457 e. The van der Waals surface area contributed by atoms with Crippen LogP contribution in [0.5, 0.6) is 0 Å². The maximum atomic E-state index is 6.29. The third kappa shape index (κ3) is 1.37. The largest absolute Gasteiger partial charge is 0.361 e. The molecule has 2 aromatic rings. The van der Waals surface area contributed by atoms with E-state index in [1.807, 2.05) is 0 Å². The molecule has 1 aliphatic carbocycles. The molecular weight excluding hydrogens is 184 g/mol. The van der Waals surface area contributed by atoms with Gasteiger partial charge in [-0.15, -0.1) is 0 Å². The van der Waals surface area contributed by atoms with Gasteiger partial charge < -0.3 is 10.7 Å². The second kappa shape index (κ2) is 3.38. The van der Waals surface area contributed by atoms with Crippen LogP contribution in [0.25, 0.3) is 10.9 Å². The SMILES string of the molecule is NC(c1c[nH]c2ccccc12)C1CCC1. The van der Waals surface area contributed by atoms with Crippen molar-refractivity contribution >= 4 is 10.9 Å². The highest BCUT2D eigenvalue weighted by atomic mass is 14.7. The van der Waals surface area contributed by atoms with E-state index in [1.54, 1.807) is 0 Å². The summed E-state index contributed by atoms with van der Waals surface area (Å²) < 4.78 is 0. The molecule has 0 aliphatic heterocycles. The van der Waals surface area contributed by atoms with E-state index < -0.39 is 0 Å². The number of aromatic nitrogens is 1. The van der Waals surface area contributed by atoms with Crippen LogP contribution >= 0.6 is 0 Å². The summed E-state index contributed by atoms with van der Waals surface area (Å²) in [4.78, 5) is 3.29. The maximum absolute atomic E-state index is 6.29. The number of fused-ring (bicyclic) bond motifs is 1. The normalized spacial score (nSPS) is 19.0. The van der Waals surface area contributed by atoms with Gasteiger partial charge in [-0.2, -0.15) is 0 Å². The first-order chi connectivity index (χ1) is 7.36. The Morgan fingerprint density at radius 1 is 1.27 bits per heavy atom. The van der Waals surface area contributed by atoms with Crippen molar-refractivity contribution < 1.29 is 0 Å². The summed E-state index contributed by atoms with van der Waals surface area (Å²) in [6, 6.07) is 8.60. The van der Waals surface area contributed by atoms with Crippen molar-refractivity contribution in [2.45, 2.75) is 25.3 Å². The van der Waals surface area contributed by atoms with Gasteiger partial charge in [-0.05, 0) is 30.4 Å². The average Bonchev–Trinajstić information content (AvgIpc) is 2.58. The van der Waals surface area contributed by atoms with Gasteiger partial charge in [-0.25, -0.2) is 0 Å². The Balaban J connectivity index is 2.02. The molecule has 1 unspecified atom stereocenters. The molecule has 2 heteroatoms. The number of hydrogen-bond acceptors (Lipinski definition) is 1. The van der Waals surface area contributed by atoms with Crippen LogP contribution in [0.15, 0.2) is 30.5 Å². The van der Waals surface area contributed by atoms with E-state index in [0.717, 1.165) is 0 Å². The van der Waals surface area contributed by atoms with Gasteiger partial charge in [0.25, 0.3) is 0 Å². The van der Waals surface area contributed by atoms with E-state index in [1.165, 1.54) is 35.7 Å². The lowest BCUT2D eigenvalue weighted by Crippen LogP contribution is -2.26. The van der Waals surface area contributed by atoms with Crippen LogP contribution < -0.4 is 5.73 Å². The average molecular weight is 200 g/mol. The van der Waals surface area contributed by atoms with Crippen LogP contribution in [-0.4, -0.2) is 4.98 Å². The first-order valence-corrected chi connectivity index (χ1v) is 5.68. The molecule has 1 aromatic heterocycles. The number of nitrogens with one attached hydrogen (secondary N) is 1. The number of hydrogen-bond donors (Lipinski definition) is 2. The van der Waals surface area contributed by atoms with E-state index in [4.69, 9.17) is 5.73 Å². The van der Waals surface area contributed by atoms with E-state index in [9.17, 15) is 0 Å². The zero-order valence-electron chi connectivity index (χ0n) is 8.74. The van der Waals surface area contributed by atoms with Crippen molar-refractivity contribution in [1.82, 2.24) is 4.98 Å². The highest BCUT2D eigenvalue weighted by Crippen LogP contribution is 2.38. The fourth-order valence-corrected chi connectivity index (χ4v) is 2.42. The van der Waals surface area contributed by atoms with Crippen LogP contribution in [0, 0.1) is 5.92 Å². The molecule has 15 heavy (non-hydrogen) atoms. The minimum atomic E-state index is 0.217. The second-order valence-electron chi connectivity index (χ2n) is 4.51. The first-order valence-electron chi connectivity index (χ1n) is 5.68. The monoisotopic (exact) mass is 200 g/mol. The van der Waals surface area contributed by atoms with Gasteiger partial charge in [-0.3, -0.25) is 0 Å². The van der Waals surface area contributed by atoms with Gasteiger partial charge in [0.1, 0.15) is 0 Å². The van der Waals surface area contributed by atoms with E-state index in [2.05, 4.69) is 35.4 Å². The van der Waals surface area contributed by atoms with Gasteiger partial charge in [0.15, 0.2) is 0 Å². The van der Waals surface area contributed by atoms with E-state index >= 15 is 0 Å². The Hall–Kier alpha value is -1.28. The summed E-state index contributed by atoms with van der Waals surface area (Å²) in [5.41, 5.74) is 8.77. The van der Waals surface area contributed by atoms with Crippen LogP contribution in [0.2, 0.25) is 0 Å². The van der Waals surface area contributed by atoms with Crippen molar-refractivity contribution in [2.24, 2.45) is 11.7 Å². The first kappa shape index (κ1) is 8.98. The zero-order valence-corrected chi connectivity index (χ0v) is 8.74. The summed E-state index contributed by atoms with van der Waals surface area (Å²) >= 11 is 0. The number of nitrogens with two attached hydrogens (primary N) is 1. The van der Waals surface area contributed by atoms with Crippen molar-refractivity contribution in [3.63, 3.8) is 0 Å². The lowest BCUT2D eigenvalue weighted by Gasteiger charge is -2.31. The molecule has 78 valence electrons. The van der Waals surface area contributed by atoms with Crippen molar-refractivity contribution in [3.05, 3.63) is 36.0 Å². The fraction of sp³-hybridized carbons (Fsp3) is 0.385. The molecule has 1 atom stereocenters. The lowest BCUT2D eigenvalue weighted by molar-refractivity contribution is 0.265. The number of H-pyrrole nitrogens is 1. The van der Waals surface area contributed by atoms with Crippen LogP contribution in [-0.2, 0) is 0 Å². The molecule has 3 rings (SSSR count). The molecule has 0 radical (unpaired) electrons. The Bertz CT molecular complexity index is 468. The minimum Gasteiger partial charge on any atom is -0.361 e. The van der Waals surface area contributed by atoms with Gasteiger partial charge >= 0.3 is 0 Å². The Kier molecular flexibility index (Phi) is 2.03. The van der Waals surface area contributed by atoms with Crippen LogP contribution in [0.1, 0.15) is 30.9 Å². The van der Waals surface area contributed by atoms with Crippen LogP contribution in [0.3, 0.4) is 0 Å². The number of para-hydroxylation sites is 1. The summed E-state index contributed by atoms with van der Waals surface area (Å²) in [7, 11) is 0. The number of benzene rings is 1. The topological polar surface area (TPSA) is 41.8 Å². The van der Waals surface area contributed by atoms with Gasteiger partial charge in [0.2, 0.25) is 0 Å². The predicted molar refractivity (Wildman–Crippen MR) is 62.6 cm³/mol. The predicted octanol–water partition coefficient (Wildman–Crippen LogP) is 2.97.